The van der Waals surface area contributed by atoms with Gasteiger partial charge < -0.3 is 0 Å². The first-order valence-corrected chi connectivity index (χ1v) is 5.92. The third-order valence-corrected chi connectivity index (χ3v) is 2.65. The fourth-order valence-corrected chi connectivity index (χ4v) is 1.69. The lowest BCUT2D eigenvalue weighted by atomic mass is 10.1. The minimum absolute atomic E-state index is 0.0404. The molecule has 2 rings (SSSR count). The molecule has 0 saturated carbocycles. The van der Waals surface area contributed by atoms with Crippen molar-refractivity contribution in [2.24, 2.45) is 0 Å². The highest BCUT2D eigenvalue weighted by Crippen LogP contribution is 2.10. The standard InChI is InChI=1S/C16H15NO/c1-3-5-14-6-4-7-15(17-14)16(18)13-10-8-12(2)9-11-13/h3-11H,1-2H3/b5-3+. The summed E-state index contributed by atoms with van der Waals surface area (Å²) in [7, 11) is 0. The van der Waals surface area contributed by atoms with E-state index in [1.165, 1.54) is 0 Å². The molecule has 90 valence electrons. The van der Waals surface area contributed by atoms with E-state index in [0.29, 0.717) is 11.3 Å². The Kier molecular flexibility index (Phi) is 3.68. The van der Waals surface area contributed by atoms with E-state index in [-0.39, 0.29) is 5.78 Å². The Balaban J connectivity index is 2.33. The lowest BCUT2D eigenvalue weighted by molar-refractivity contribution is 0.103. The maximum absolute atomic E-state index is 12.2. The van der Waals surface area contributed by atoms with E-state index >= 15 is 0 Å². The molecule has 2 heteroatoms. The number of pyridine rings is 1. The van der Waals surface area contributed by atoms with Gasteiger partial charge in [0.15, 0.2) is 0 Å². The fraction of sp³-hybridized carbons (Fsp3) is 0.125. The number of carbonyl (C=O) groups is 1. The second-order valence-corrected chi connectivity index (χ2v) is 4.14. The molecule has 0 fully saturated rings. The molecule has 1 aromatic heterocycles. The minimum Gasteiger partial charge on any atom is -0.287 e. The molecule has 0 N–H and O–H groups in total. The molecule has 18 heavy (non-hydrogen) atoms. The van der Waals surface area contributed by atoms with Crippen LogP contribution in [0.4, 0.5) is 0 Å². The second-order valence-electron chi connectivity index (χ2n) is 4.14. The summed E-state index contributed by atoms with van der Waals surface area (Å²) in [6, 6.07) is 13.0. The summed E-state index contributed by atoms with van der Waals surface area (Å²) in [5.41, 5.74) is 3.10. The number of hydrogen-bond donors (Lipinski definition) is 0. The van der Waals surface area contributed by atoms with E-state index in [1.807, 2.05) is 62.4 Å². The fourth-order valence-electron chi connectivity index (χ4n) is 1.69. The largest absolute Gasteiger partial charge is 0.287 e. The van der Waals surface area contributed by atoms with Crippen LogP contribution in [0, 0.1) is 6.92 Å². The van der Waals surface area contributed by atoms with Crippen LogP contribution < -0.4 is 0 Å². The Bertz CT molecular complexity index is 582. The van der Waals surface area contributed by atoms with Crippen LogP contribution in [0.15, 0.2) is 48.5 Å². The molecule has 0 atom stereocenters. The average molecular weight is 237 g/mol. The van der Waals surface area contributed by atoms with Crippen LogP contribution in [0.25, 0.3) is 6.08 Å². The summed E-state index contributed by atoms with van der Waals surface area (Å²) in [4.78, 5) is 16.6. The zero-order valence-electron chi connectivity index (χ0n) is 10.6. The number of hydrogen-bond acceptors (Lipinski definition) is 2. The topological polar surface area (TPSA) is 30.0 Å². The number of allylic oxidation sites excluding steroid dienone is 1. The molecule has 0 unspecified atom stereocenters. The Morgan fingerprint density at radius 1 is 1.11 bits per heavy atom. The molecule has 1 heterocycles. The molecule has 2 nitrogen and oxygen atoms in total. The van der Waals surface area contributed by atoms with Gasteiger partial charge in [-0.05, 0) is 32.1 Å². The first-order chi connectivity index (χ1) is 8.70. The van der Waals surface area contributed by atoms with Crippen LogP contribution in [0.3, 0.4) is 0 Å². The second kappa shape index (κ2) is 5.41. The first kappa shape index (κ1) is 12.2. The van der Waals surface area contributed by atoms with E-state index < -0.39 is 0 Å². The van der Waals surface area contributed by atoms with Crippen molar-refractivity contribution in [3.05, 3.63) is 71.1 Å². The zero-order chi connectivity index (χ0) is 13.0. The molecule has 0 radical (unpaired) electrons. The smallest absolute Gasteiger partial charge is 0.211 e. The van der Waals surface area contributed by atoms with Gasteiger partial charge in [-0.15, -0.1) is 0 Å². The number of aromatic nitrogens is 1. The summed E-state index contributed by atoms with van der Waals surface area (Å²) in [5.74, 6) is -0.0404. The van der Waals surface area contributed by atoms with Gasteiger partial charge in [-0.3, -0.25) is 4.79 Å². The third kappa shape index (κ3) is 2.72. The first-order valence-electron chi connectivity index (χ1n) is 5.92. The predicted octanol–water partition coefficient (Wildman–Crippen LogP) is 3.65. The summed E-state index contributed by atoms with van der Waals surface area (Å²) in [6.07, 6.45) is 3.79. The van der Waals surface area contributed by atoms with E-state index in [1.54, 1.807) is 6.07 Å². The summed E-state index contributed by atoms with van der Waals surface area (Å²) < 4.78 is 0. The lowest BCUT2D eigenvalue weighted by Gasteiger charge is -2.02. The number of nitrogens with zero attached hydrogens (tertiary/aromatic N) is 1. The van der Waals surface area contributed by atoms with Crippen molar-refractivity contribution in [3.63, 3.8) is 0 Å². The predicted molar refractivity (Wildman–Crippen MR) is 73.6 cm³/mol. The number of ketones is 1. The Labute approximate surface area is 107 Å². The molecule has 0 amide bonds. The molecule has 0 aliphatic carbocycles. The maximum Gasteiger partial charge on any atom is 0.211 e. The van der Waals surface area contributed by atoms with Crippen molar-refractivity contribution in [3.8, 4) is 0 Å². The maximum atomic E-state index is 12.2. The number of rotatable bonds is 3. The summed E-state index contributed by atoms with van der Waals surface area (Å²) in [6.45, 7) is 3.93. The summed E-state index contributed by atoms with van der Waals surface area (Å²) >= 11 is 0. The van der Waals surface area contributed by atoms with Gasteiger partial charge in [-0.2, -0.15) is 0 Å². The normalized spacial score (nSPS) is 10.8. The molecule has 1 aromatic carbocycles. The van der Waals surface area contributed by atoms with Crippen LogP contribution in [-0.2, 0) is 0 Å². The molecular formula is C16H15NO. The molecule has 0 spiro atoms. The van der Waals surface area contributed by atoms with Gasteiger partial charge >= 0.3 is 0 Å². The molecule has 0 saturated heterocycles. The summed E-state index contributed by atoms with van der Waals surface area (Å²) in [5, 5.41) is 0. The van der Waals surface area contributed by atoms with Crippen LogP contribution in [-0.4, -0.2) is 10.8 Å². The van der Waals surface area contributed by atoms with Gasteiger partial charge in [0.05, 0.1) is 5.69 Å². The van der Waals surface area contributed by atoms with Gasteiger partial charge in [0.25, 0.3) is 0 Å². The van der Waals surface area contributed by atoms with Gasteiger partial charge in [0.1, 0.15) is 5.69 Å². The average Bonchev–Trinajstić information content (AvgIpc) is 2.39. The minimum atomic E-state index is -0.0404. The lowest BCUT2D eigenvalue weighted by Crippen LogP contribution is -2.04. The van der Waals surface area contributed by atoms with E-state index in [9.17, 15) is 4.79 Å². The van der Waals surface area contributed by atoms with Crippen LogP contribution >= 0.6 is 0 Å². The van der Waals surface area contributed by atoms with Gasteiger partial charge in [-0.25, -0.2) is 4.98 Å². The Hall–Kier alpha value is -2.22. The quantitative estimate of drug-likeness (QED) is 0.763. The van der Waals surface area contributed by atoms with E-state index in [2.05, 4.69) is 4.98 Å². The van der Waals surface area contributed by atoms with Crippen LogP contribution in [0.5, 0.6) is 0 Å². The molecule has 0 bridgehead atoms. The van der Waals surface area contributed by atoms with Gasteiger partial charge in [0.2, 0.25) is 5.78 Å². The van der Waals surface area contributed by atoms with Gasteiger partial charge in [0, 0.05) is 5.56 Å². The van der Waals surface area contributed by atoms with Crippen molar-refractivity contribution in [1.29, 1.82) is 0 Å². The Morgan fingerprint density at radius 3 is 2.50 bits per heavy atom. The van der Waals surface area contributed by atoms with Crippen molar-refractivity contribution >= 4 is 11.9 Å². The van der Waals surface area contributed by atoms with Gasteiger partial charge in [-0.1, -0.05) is 42.0 Å². The van der Waals surface area contributed by atoms with Crippen LogP contribution in [0.1, 0.15) is 34.2 Å². The SMILES string of the molecule is C/C=C/c1cccc(C(=O)c2ccc(C)cc2)n1. The number of carbonyl (C=O) groups excluding carboxylic acids is 1. The zero-order valence-corrected chi connectivity index (χ0v) is 10.6. The third-order valence-electron chi connectivity index (χ3n) is 2.65. The number of benzene rings is 1. The Morgan fingerprint density at radius 2 is 1.83 bits per heavy atom. The molecule has 0 aliphatic rings. The highest BCUT2D eigenvalue weighted by atomic mass is 16.1. The van der Waals surface area contributed by atoms with E-state index in [0.717, 1.165) is 11.3 Å². The van der Waals surface area contributed by atoms with Crippen molar-refractivity contribution in [2.75, 3.05) is 0 Å². The molecular weight excluding hydrogens is 222 g/mol. The number of aryl methyl sites for hydroxylation is 1. The van der Waals surface area contributed by atoms with Crippen molar-refractivity contribution < 1.29 is 4.79 Å². The monoisotopic (exact) mass is 237 g/mol. The van der Waals surface area contributed by atoms with Crippen molar-refractivity contribution in [2.45, 2.75) is 13.8 Å². The highest BCUT2D eigenvalue weighted by Gasteiger charge is 2.10. The highest BCUT2D eigenvalue weighted by molar-refractivity contribution is 6.07. The van der Waals surface area contributed by atoms with E-state index in [4.69, 9.17) is 0 Å². The molecule has 2 aromatic rings. The van der Waals surface area contributed by atoms with Crippen LogP contribution in [0.2, 0.25) is 0 Å². The van der Waals surface area contributed by atoms with Crippen molar-refractivity contribution in [1.82, 2.24) is 4.98 Å². The molecule has 0 aliphatic heterocycles.